The lowest BCUT2D eigenvalue weighted by atomic mass is 9.33. The summed E-state index contributed by atoms with van der Waals surface area (Å²) in [6, 6.07) is 137. The van der Waals surface area contributed by atoms with Crippen LogP contribution in [-0.2, 0) is 0 Å². The maximum absolute atomic E-state index is 5.41. The zero-order valence-electron chi connectivity index (χ0n) is 60.4. The van der Waals surface area contributed by atoms with E-state index in [-0.39, 0.29) is 6.71 Å². The number of rotatable bonds is 14. The first kappa shape index (κ1) is 65.2. The summed E-state index contributed by atoms with van der Waals surface area (Å²) in [6.45, 7) is 0.0513. The smallest absolute Gasteiger partial charge is 0.252 e. The Morgan fingerprint density at radius 2 is 0.509 bits per heavy atom. The molecule has 11 nitrogen and oxygen atoms in total. The van der Waals surface area contributed by atoms with Gasteiger partial charge in [-0.05, 0) is 142 Å². The molecule has 0 saturated heterocycles. The number of hydrogen-bond acceptors (Lipinski definition) is 10. The second-order valence-corrected chi connectivity index (χ2v) is 28.2. The Morgan fingerprint density at radius 1 is 0.196 bits per heavy atom. The van der Waals surface area contributed by atoms with E-state index in [1.165, 1.54) is 39.1 Å². The van der Waals surface area contributed by atoms with E-state index in [0.29, 0.717) is 40.8 Å². The maximum Gasteiger partial charge on any atom is 0.252 e. The van der Waals surface area contributed by atoms with Crippen LogP contribution in [0.4, 0.5) is 34.1 Å². The second kappa shape index (κ2) is 27.6. The Balaban J connectivity index is 0.736. The molecule has 2 aliphatic heterocycles. The van der Waals surface area contributed by atoms with Gasteiger partial charge in [0.2, 0.25) is 0 Å². The van der Waals surface area contributed by atoms with Gasteiger partial charge in [0, 0.05) is 101 Å². The lowest BCUT2D eigenvalue weighted by Crippen LogP contribution is -2.61. The molecular formula is C100H64BN11. The van der Waals surface area contributed by atoms with E-state index in [1.807, 2.05) is 133 Å². The predicted molar refractivity (Wildman–Crippen MR) is 457 cm³/mol. The van der Waals surface area contributed by atoms with Crippen molar-refractivity contribution in [1.82, 2.24) is 44.4 Å². The van der Waals surface area contributed by atoms with Crippen molar-refractivity contribution >= 4 is 79.0 Å². The van der Waals surface area contributed by atoms with E-state index in [0.717, 1.165) is 123 Å². The summed E-state index contributed by atoms with van der Waals surface area (Å²) in [6.07, 6.45) is 0. The summed E-state index contributed by atoms with van der Waals surface area (Å²) in [4.78, 5) is 46.9. The molecule has 15 aromatic carbocycles. The van der Waals surface area contributed by atoms with Crippen LogP contribution < -0.4 is 26.2 Å². The molecule has 0 saturated carbocycles. The Kier molecular flexibility index (Phi) is 16.1. The number of para-hydroxylation sites is 3. The lowest BCUT2D eigenvalue weighted by molar-refractivity contribution is 1.07. The molecule has 0 aliphatic carbocycles. The molecular weight excluding hydrogens is 1370 g/mol. The first-order valence-corrected chi connectivity index (χ1v) is 37.7. The fourth-order valence-electron chi connectivity index (χ4n) is 16.2. The monoisotopic (exact) mass is 1430 g/mol. The number of anilines is 6. The summed E-state index contributed by atoms with van der Waals surface area (Å²) >= 11 is 0. The SMILES string of the molecule is c1ccc(-c2cc(-c3ccccc3)nc(-c3ccc(-n4c5ccc(-c6nc(-c7ccccc7)nc(-c7ccccc7)n6)cc5c5cc(-c6nc(-c7ccccc7)nc(-c7ccccc7)n6)ccc54)c(-c4ccc(-c5ccc(N6c7ccccc7B7c8ccccc8N(c8ccccc8)c8cccc6c87)cc5)cc4)c3)n2)cc1. The molecule has 19 aromatic rings. The third kappa shape index (κ3) is 11.6. The van der Waals surface area contributed by atoms with Gasteiger partial charge in [-0.3, -0.25) is 0 Å². The first-order chi connectivity index (χ1) is 55.5. The van der Waals surface area contributed by atoms with Gasteiger partial charge >= 0.3 is 0 Å². The molecule has 0 amide bonds. The van der Waals surface area contributed by atoms with Crippen LogP contribution in [0, 0.1) is 0 Å². The topological polar surface area (TPSA) is 115 Å². The number of benzene rings is 15. The van der Waals surface area contributed by atoms with Crippen LogP contribution in [0.3, 0.4) is 0 Å². The van der Waals surface area contributed by atoms with Gasteiger partial charge in [0.05, 0.1) is 28.1 Å². The molecule has 0 fully saturated rings. The highest BCUT2D eigenvalue weighted by atomic mass is 15.2. The van der Waals surface area contributed by atoms with Crippen LogP contribution in [0.15, 0.2) is 388 Å². The minimum Gasteiger partial charge on any atom is -0.311 e. The molecule has 0 radical (unpaired) electrons. The zero-order valence-corrected chi connectivity index (χ0v) is 60.4. The van der Waals surface area contributed by atoms with Gasteiger partial charge in [-0.15, -0.1) is 0 Å². The Bertz CT molecular complexity index is 6440. The molecule has 112 heavy (non-hydrogen) atoms. The van der Waals surface area contributed by atoms with Crippen molar-refractivity contribution < 1.29 is 0 Å². The van der Waals surface area contributed by atoms with Gasteiger partial charge in [0.1, 0.15) is 0 Å². The van der Waals surface area contributed by atoms with Crippen LogP contribution in [0.5, 0.6) is 0 Å². The van der Waals surface area contributed by atoms with Crippen molar-refractivity contribution in [2.24, 2.45) is 0 Å². The third-order valence-corrected chi connectivity index (χ3v) is 21.5. The quantitative estimate of drug-likeness (QED) is 0.0975. The Hall–Kier alpha value is -15.1. The van der Waals surface area contributed by atoms with Crippen molar-refractivity contribution in [2.45, 2.75) is 0 Å². The maximum atomic E-state index is 5.41. The van der Waals surface area contributed by atoms with E-state index in [4.69, 9.17) is 39.9 Å². The van der Waals surface area contributed by atoms with Crippen LogP contribution in [0.1, 0.15) is 0 Å². The van der Waals surface area contributed by atoms with Crippen molar-refractivity contribution in [1.29, 1.82) is 0 Å². The molecule has 21 rings (SSSR count). The molecule has 6 heterocycles. The number of aromatic nitrogens is 9. The zero-order chi connectivity index (χ0) is 74.0. The highest BCUT2D eigenvalue weighted by Gasteiger charge is 2.43. The second-order valence-electron chi connectivity index (χ2n) is 28.2. The third-order valence-electron chi connectivity index (χ3n) is 21.5. The average molecular weight is 1430 g/mol. The van der Waals surface area contributed by atoms with Crippen molar-refractivity contribution in [3.8, 4) is 130 Å². The summed E-state index contributed by atoms with van der Waals surface area (Å²) in [5, 5.41) is 1.94. The highest BCUT2D eigenvalue weighted by molar-refractivity contribution is 7.00. The van der Waals surface area contributed by atoms with Gasteiger partial charge in [-0.2, -0.15) is 0 Å². The van der Waals surface area contributed by atoms with Crippen molar-refractivity contribution in [3.63, 3.8) is 0 Å². The molecule has 0 atom stereocenters. The van der Waals surface area contributed by atoms with Crippen LogP contribution in [0.25, 0.3) is 152 Å². The first-order valence-electron chi connectivity index (χ1n) is 37.7. The summed E-state index contributed by atoms with van der Waals surface area (Å²) < 4.78 is 2.39. The minimum absolute atomic E-state index is 0.0513. The summed E-state index contributed by atoms with van der Waals surface area (Å²) in [5.41, 5.74) is 27.5. The fraction of sp³-hybridized carbons (Fsp3) is 0. The van der Waals surface area contributed by atoms with Gasteiger partial charge in [-0.1, -0.05) is 279 Å². The van der Waals surface area contributed by atoms with Crippen molar-refractivity contribution in [2.75, 3.05) is 9.80 Å². The minimum atomic E-state index is 0.0513. The van der Waals surface area contributed by atoms with E-state index >= 15 is 0 Å². The van der Waals surface area contributed by atoms with Gasteiger partial charge in [0.25, 0.3) is 6.71 Å². The normalized spacial score (nSPS) is 12.1. The molecule has 0 unspecified atom stereocenters. The van der Waals surface area contributed by atoms with E-state index < -0.39 is 0 Å². The number of nitrogens with zero attached hydrogens (tertiary/aromatic N) is 11. The van der Waals surface area contributed by atoms with Gasteiger partial charge in [0.15, 0.2) is 40.8 Å². The largest absolute Gasteiger partial charge is 0.311 e. The molecule has 522 valence electrons. The fourth-order valence-corrected chi connectivity index (χ4v) is 16.2. The summed E-state index contributed by atoms with van der Waals surface area (Å²) in [7, 11) is 0. The molecule has 0 spiro atoms. The Labute approximate surface area is 647 Å². The van der Waals surface area contributed by atoms with Crippen molar-refractivity contribution in [3.05, 3.63) is 388 Å². The molecule has 0 N–H and O–H groups in total. The average Bonchev–Trinajstić information content (AvgIpc) is 1.60. The van der Waals surface area contributed by atoms with Crippen LogP contribution in [-0.4, -0.2) is 51.2 Å². The van der Waals surface area contributed by atoms with E-state index in [9.17, 15) is 0 Å². The summed E-state index contributed by atoms with van der Waals surface area (Å²) in [5.74, 6) is 4.01. The Morgan fingerprint density at radius 3 is 0.938 bits per heavy atom. The highest BCUT2D eigenvalue weighted by Crippen LogP contribution is 2.46. The molecule has 4 aromatic heterocycles. The van der Waals surface area contributed by atoms with Crippen LogP contribution in [0.2, 0.25) is 0 Å². The lowest BCUT2D eigenvalue weighted by Gasteiger charge is -2.44. The number of fused-ring (bicyclic) bond motifs is 7. The number of hydrogen-bond donors (Lipinski definition) is 0. The molecule has 12 heteroatoms. The van der Waals surface area contributed by atoms with E-state index in [1.54, 1.807) is 0 Å². The van der Waals surface area contributed by atoms with E-state index in [2.05, 4.69) is 269 Å². The van der Waals surface area contributed by atoms with Gasteiger partial charge in [-0.25, -0.2) is 39.9 Å². The van der Waals surface area contributed by atoms with Crippen LogP contribution >= 0.6 is 0 Å². The predicted octanol–water partition coefficient (Wildman–Crippen LogP) is 22.4. The molecule has 0 bridgehead atoms. The van der Waals surface area contributed by atoms with Gasteiger partial charge < -0.3 is 14.4 Å². The standard InChI is InChI=1S/C100H64BN11/c1-8-27-68(28-9-1)84-64-85(69-29-10-2-11-30-69)103-98(102-84)74-53-58-86(79(61-74)67-49-47-65(48-50-67)66-51-56-78(57-52-66)111-90-44-25-23-42-83(90)101-82-41-22-24-43-89(82)110(77-39-20-7-21-40-77)91-45-26-46-92(111)93(91)101)112-87-59-54-75(99-106-94(70-31-12-3-13-32-70)104-95(107-99)71-33-14-4-15-34-71)62-80(87)81-63-76(55-60-88(81)112)100-108-96(72-35-16-5-17-36-72)105-97(109-100)73-37-18-6-19-38-73/h1-64H. The molecule has 2 aliphatic rings.